The number of nitrogens with two attached hydrogens (primary N) is 1. The smallest absolute Gasteiger partial charge is 0.245 e. The molecule has 0 heterocycles. The van der Waals surface area contributed by atoms with Crippen molar-refractivity contribution in [2.75, 3.05) is 28.3 Å². The van der Waals surface area contributed by atoms with Crippen LogP contribution in [0.3, 0.4) is 0 Å². The van der Waals surface area contributed by atoms with Crippen molar-refractivity contribution in [3.63, 3.8) is 0 Å². The minimum Gasteiger partial charge on any atom is -0.497 e. The standard InChI is InChI=1S/C40H59N5O7/c1-26(15-13-14-16-28(3)46)23-27(2)38(49)45(8)35(25-31-17-11-10-12-18-31)37(48)42-29(4)39(50)43(6)30(5)40(51)44(7)34(36(41)47)24-32-19-21-33(52-9)22-20-32/h10-12,17-22,26-27,29-30,34-35H,13-16,23-25H2,1-9H3,(H2,41,47)(H,42,48)/t26-,27-,29+,30+,34-,35+/m1/s1. The van der Waals surface area contributed by atoms with Crippen molar-refractivity contribution in [2.24, 2.45) is 17.6 Å². The van der Waals surface area contributed by atoms with Gasteiger partial charge in [0.15, 0.2) is 0 Å². The Hall–Kier alpha value is -4.74. The molecule has 6 atom stereocenters. The van der Waals surface area contributed by atoms with E-state index in [2.05, 4.69) is 12.2 Å². The second kappa shape index (κ2) is 20.9. The summed E-state index contributed by atoms with van der Waals surface area (Å²) >= 11 is 0. The first-order chi connectivity index (χ1) is 24.5. The number of nitrogens with zero attached hydrogens (tertiary/aromatic N) is 3. The van der Waals surface area contributed by atoms with Gasteiger partial charge in [0.2, 0.25) is 29.5 Å². The lowest BCUT2D eigenvalue weighted by atomic mass is 9.91. The molecule has 0 aliphatic heterocycles. The molecule has 0 fully saturated rings. The van der Waals surface area contributed by atoms with Crippen LogP contribution in [-0.4, -0.2) is 102 Å². The van der Waals surface area contributed by atoms with E-state index in [1.165, 1.54) is 35.7 Å². The lowest BCUT2D eigenvalue weighted by Gasteiger charge is -2.34. The van der Waals surface area contributed by atoms with E-state index in [4.69, 9.17) is 10.5 Å². The zero-order valence-corrected chi connectivity index (χ0v) is 32.4. The number of hydrogen-bond donors (Lipinski definition) is 2. The molecule has 0 radical (unpaired) electrons. The van der Waals surface area contributed by atoms with E-state index in [0.717, 1.165) is 30.4 Å². The molecule has 5 amide bonds. The molecule has 0 aliphatic rings. The van der Waals surface area contributed by atoms with Crippen LogP contribution in [-0.2, 0) is 41.6 Å². The number of likely N-dealkylation sites (N-methyl/N-ethyl adjacent to an activating group) is 3. The minimum atomic E-state index is -1.03. The molecule has 0 aromatic heterocycles. The third-order valence-electron chi connectivity index (χ3n) is 9.79. The molecule has 2 aromatic carbocycles. The van der Waals surface area contributed by atoms with Gasteiger partial charge in [0.1, 0.15) is 35.7 Å². The van der Waals surface area contributed by atoms with E-state index in [9.17, 15) is 28.8 Å². The molecule has 0 spiro atoms. The molecule has 0 bridgehead atoms. The molecule has 3 N–H and O–H groups in total. The van der Waals surface area contributed by atoms with E-state index in [0.29, 0.717) is 18.6 Å². The van der Waals surface area contributed by atoms with Crippen molar-refractivity contribution in [2.45, 2.75) is 104 Å². The first-order valence-corrected chi connectivity index (χ1v) is 18.0. The number of ether oxygens (including phenoxy) is 1. The van der Waals surface area contributed by atoms with Gasteiger partial charge in [0.05, 0.1) is 7.11 Å². The fraction of sp³-hybridized carbons (Fsp3) is 0.550. The maximum absolute atomic E-state index is 13.9. The van der Waals surface area contributed by atoms with Crippen LogP contribution < -0.4 is 15.8 Å². The Bertz CT molecular complexity index is 1500. The van der Waals surface area contributed by atoms with Crippen LogP contribution in [0.15, 0.2) is 54.6 Å². The second-order valence-corrected chi connectivity index (χ2v) is 14.1. The summed E-state index contributed by atoms with van der Waals surface area (Å²) in [6.07, 6.45) is 4.25. The van der Waals surface area contributed by atoms with Gasteiger partial charge >= 0.3 is 0 Å². The van der Waals surface area contributed by atoms with Gasteiger partial charge < -0.3 is 35.3 Å². The van der Waals surface area contributed by atoms with Crippen molar-refractivity contribution in [3.8, 4) is 5.75 Å². The van der Waals surface area contributed by atoms with Gasteiger partial charge in [-0.15, -0.1) is 0 Å². The monoisotopic (exact) mass is 721 g/mol. The SMILES string of the molecule is COc1ccc(C[C@H](C(N)=O)N(C)C(=O)[C@H](C)N(C)C(=O)[C@H](C)NC(=O)[C@H](Cc2ccccc2)N(C)C(=O)[C@H](C)C[C@H](C)CCCCC(C)=O)cc1. The number of Topliss-reactive ketones (excluding diaryl/α,β-unsaturated/α-hetero) is 1. The molecule has 286 valence electrons. The highest BCUT2D eigenvalue weighted by Gasteiger charge is 2.35. The Morgan fingerprint density at radius 1 is 0.731 bits per heavy atom. The van der Waals surface area contributed by atoms with Crippen molar-refractivity contribution < 1.29 is 33.5 Å². The third kappa shape index (κ3) is 13.1. The Morgan fingerprint density at radius 2 is 1.29 bits per heavy atom. The summed E-state index contributed by atoms with van der Waals surface area (Å²) in [4.78, 5) is 82.3. The van der Waals surface area contributed by atoms with Crippen molar-refractivity contribution >= 4 is 35.3 Å². The molecule has 0 saturated carbocycles. The summed E-state index contributed by atoms with van der Waals surface area (Å²) in [6, 6.07) is 12.5. The van der Waals surface area contributed by atoms with E-state index < -0.39 is 47.8 Å². The van der Waals surface area contributed by atoms with Gasteiger partial charge in [0.25, 0.3) is 0 Å². The highest BCUT2D eigenvalue weighted by Crippen LogP contribution is 2.22. The minimum absolute atomic E-state index is 0.173. The quantitative estimate of drug-likeness (QED) is 0.186. The zero-order chi connectivity index (χ0) is 39.1. The third-order valence-corrected chi connectivity index (χ3v) is 9.79. The van der Waals surface area contributed by atoms with Crippen LogP contribution in [0.2, 0.25) is 0 Å². The molecule has 52 heavy (non-hydrogen) atoms. The number of carbonyl (C=O) groups is 6. The summed E-state index contributed by atoms with van der Waals surface area (Å²) in [7, 11) is 6.09. The predicted molar refractivity (Wildman–Crippen MR) is 201 cm³/mol. The molecule has 0 saturated heterocycles. The highest BCUT2D eigenvalue weighted by atomic mass is 16.5. The van der Waals surface area contributed by atoms with Gasteiger partial charge in [-0.05, 0) is 62.8 Å². The maximum Gasteiger partial charge on any atom is 0.245 e. The maximum atomic E-state index is 13.9. The Labute approximate surface area is 309 Å². The summed E-state index contributed by atoms with van der Waals surface area (Å²) in [5.74, 6) is -1.64. The highest BCUT2D eigenvalue weighted by molar-refractivity contribution is 5.95. The number of nitrogens with one attached hydrogen (secondary N) is 1. The lowest BCUT2D eigenvalue weighted by molar-refractivity contribution is -0.148. The molecule has 0 unspecified atom stereocenters. The number of benzene rings is 2. The molecule has 12 heteroatoms. The number of methoxy groups -OCH3 is 1. The number of unbranched alkanes of at least 4 members (excludes halogenated alkanes) is 1. The van der Waals surface area contributed by atoms with Gasteiger partial charge in [-0.3, -0.25) is 24.0 Å². The van der Waals surface area contributed by atoms with Crippen LogP contribution >= 0.6 is 0 Å². The fourth-order valence-electron chi connectivity index (χ4n) is 6.33. The van der Waals surface area contributed by atoms with Crippen LogP contribution in [0.5, 0.6) is 5.75 Å². The Kier molecular flexibility index (Phi) is 17.5. The normalized spacial score (nSPS) is 14.5. The van der Waals surface area contributed by atoms with Crippen molar-refractivity contribution in [1.82, 2.24) is 20.0 Å². The average molecular weight is 722 g/mol. The van der Waals surface area contributed by atoms with E-state index in [1.807, 2.05) is 37.3 Å². The average Bonchev–Trinajstić information content (AvgIpc) is 3.12. The fourth-order valence-corrected chi connectivity index (χ4v) is 6.33. The Balaban J connectivity index is 2.13. The molecule has 0 aliphatic carbocycles. The number of amides is 5. The first kappa shape index (κ1) is 43.4. The van der Waals surface area contributed by atoms with Crippen LogP contribution in [0, 0.1) is 11.8 Å². The lowest BCUT2D eigenvalue weighted by Crippen LogP contribution is -2.58. The van der Waals surface area contributed by atoms with Gasteiger partial charge in [0, 0.05) is 46.3 Å². The Morgan fingerprint density at radius 3 is 1.85 bits per heavy atom. The van der Waals surface area contributed by atoms with Crippen LogP contribution in [0.1, 0.15) is 77.8 Å². The summed E-state index contributed by atoms with van der Waals surface area (Å²) in [5.41, 5.74) is 7.33. The number of carbonyl (C=O) groups excluding carboxylic acids is 6. The van der Waals surface area contributed by atoms with Crippen LogP contribution in [0.4, 0.5) is 0 Å². The molecule has 12 nitrogen and oxygen atoms in total. The molecular formula is C40H59N5O7. The van der Waals surface area contributed by atoms with Crippen LogP contribution in [0.25, 0.3) is 0 Å². The first-order valence-electron chi connectivity index (χ1n) is 18.0. The number of hydrogen-bond acceptors (Lipinski definition) is 7. The van der Waals surface area contributed by atoms with E-state index in [1.54, 1.807) is 52.3 Å². The van der Waals surface area contributed by atoms with Crippen molar-refractivity contribution in [1.29, 1.82) is 0 Å². The summed E-state index contributed by atoms with van der Waals surface area (Å²) < 4.78 is 5.19. The number of rotatable bonds is 21. The van der Waals surface area contributed by atoms with Gasteiger partial charge in [-0.25, -0.2) is 0 Å². The van der Waals surface area contributed by atoms with Gasteiger partial charge in [-0.2, -0.15) is 0 Å². The summed E-state index contributed by atoms with van der Waals surface area (Å²) in [6.45, 7) is 8.62. The molecule has 2 aromatic rings. The van der Waals surface area contributed by atoms with E-state index in [-0.39, 0.29) is 36.4 Å². The van der Waals surface area contributed by atoms with E-state index >= 15 is 0 Å². The summed E-state index contributed by atoms with van der Waals surface area (Å²) in [5, 5.41) is 2.79. The topological polar surface area (TPSA) is 159 Å². The van der Waals surface area contributed by atoms with Gasteiger partial charge in [-0.1, -0.05) is 69.2 Å². The largest absolute Gasteiger partial charge is 0.497 e. The predicted octanol–water partition coefficient (Wildman–Crippen LogP) is 3.78. The number of primary amides is 1. The zero-order valence-electron chi connectivity index (χ0n) is 32.4. The molecular weight excluding hydrogens is 662 g/mol. The number of ketones is 1. The van der Waals surface area contributed by atoms with Crippen molar-refractivity contribution in [3.05, 3.63) is 65.7 Å². The second-order valence-electron chi connectivity index (χ2n) is 14.1. The molecule has 2 rings (SSSR count).